The highest BCUT2D eigenvalue weighted by atomic mass is 32.2. The molecular formula is C12H19N3S. The van der Waals surface area contributed by atoms with Crippen molar-refractivity contribution < 1.29 is 0 Å². The summed E-state index contributed by atoms with van der Waals surface area (Å²) >= 11 is 2.12. The van der Waals surface area contributed by atoms with Crippen LogP contribution in [0.5, 0.6) is 0 Å². The third-order valence-corrected chi connectivity index (χ3v) is 4.97. The Hall–Kier alpha value is -0.480. The molecule has 4 heteroatoms. The van der Waals surface area contributed by atoms with Crippen molar-refractivity contribution in [1.82, 2.24) is 14.9 Å². The monoisotopic (exact) mass is 237 g/mol. The Labute approximate surface area is 101 Å². The van der Waals surface area contributed by atoms with E-state index in [2.05, 4.69) is 26.6 Å². The van der Waals surface area contributed by atoms with Crippen LogP contribution in [0.15, 0.2) is 12.5 Å². The number of hydrogen-bond donors (Lipinski definition) is 1. The van der Waals surface area contributed by atoms with E-state index in [1.807, 2.05) is 12.5 Å². The zero-order valence-electron chi connectivity index (χ0n) is 9.56. The molecule has 1 N–H and O–H groups in total. The molecule has 0 spiro atoms. The smallest absolute Gasteiger partial charge is 0.0949 e. The molecule has 88 valence electrons. The quantitative estimate of drug-likeness (QED) is 0.874. The molecule has 3 heterocycles. The van der Waals surface area contributed by atoms with Gasteiger partial charge in [-0.15, -0.1) is 0 Å². The summed E-state index contributed by atoms with van der Waals surface area (Å²) < 4.78 is 2.37. The molecule has 0 amide bonds. The normalized spacial score (nSPS) is 30.0. The number of nitrogens with zero attached hydrogens (tertiary/aromatic N) is 2. The Morgan fingerprint density at radius 3 is 3.19 bits per heavy atom. The fourth-order valence-electron chi connectivity index (χ4n) is 2.72. The maximum atomic E-state index is 4.32. The van der Waals surface area contributed by atoms with Crippen LogP contribution in [-0.2, 0) is 6.54 Å². The van der Waals surface area contributed by atoms with E-state index in [-0.39, 0.29) is 0 Å². The van der Waals surface area contributed by atoms with Gasteiger partial charge in [0.1, 0.15) is 0 Å². The van der Waals surface area contributed by atoms with Crippen molar-refractivity contribution in [3.8, 4) is 0 Å². The summed E-state index contributed by atoms with van der Waals surface area (Å²) in [4.78, 5) is 4.32. The minimum Gasteiger partial charge on any atom is -0.332 e. The van der Waals surface area contributed by atoms with Crippen LogP contribution < -0.4 is 5.32 Å². The average Bonchev–Trinajstić information content (AvgIpc) is 2.98. The van der Waals surface area contributed by atoms with Crippen molar-refractivity contribution >= 4 is 11.8 Å². The van der Waals surface area contributed by atoms with Crippen molar-refractivity contribution in [3.63, 3.8) is 0 Å². The first-order valence-electron chi connectivity index (χ1n) is 6.28. The third kappa shape index (κ3) is 2.13. The lowest BCUT2D eigenvalue weighted by atomic mass is 10.1. The van der Waals surface area contributed by atoms with E-state index in [9.17, 15) is 0 Å². The first-order valence-corrected chi connectivity index (χ1v) is 7.33. The lowest BCUT2D eigenvalue weighted by Gasteiger charge is -2.16. The van der Waals surface area contributed by atoms with Gasteiger partial charge < -0.3 is 9.88 Å². The topological polar surface area (TPSA) is 29.9 Å². The zero-order valence-corrected chi connectivity index (χ0v) is 10.4. The second-order valence-electron chi connectivity index (χ2n) is 4.75. The van der Waals surface area contributed by atoms with Crippen molar-refractivity contribution in [2.75, 3.05) is 12.3 Å². The summed E-state index contributed by atoms with van der Waals surface area (Å²) in [6.07, 6.45) is 9.38. The molecular weight excluding hydrogens is 218 g/mol. The summed E-state index contributed by atoms with van der Waals surface area (Å²) in [7, 11) is 0. The summed E-state index contributed by atoms with van der Waals surface area (Å²) in [6.45, 7) is 2.31. The Morgan fingerprint density at radius 2 is 2.44 bits per heavy atom. The Balaban J connectivity index is 1.71. The fourth-order valence-corrected chi connectivity index (χ4v) is 3.98. The van der Waals surface area contributed by atoms with Gasteiger partial charge in [-0.2, -0.15) is 11.8 Å². The third-order valence-electron chi connectivity index (χ3n) is 3.59. The van der Waals surface area contributed by atoms with Crippen molar-refractivity contribution in [1.29, 1.82) is 0 Å². The molecule has 2 aliphatic rings. The highest BCUT2D eigenvalue weighted by Crippen LogP contribution is 2.29. The number of hydrogen-bond acceptors (Lipinski definition) is 3. The van der Waals surface area contributed by atoms with Crippen LogP contribution in [0.3, 0.4) is 0 Å². The summed E-state index contributed by atoms with van der Waals surface area (Å²) in [6, 6.07) is 0.550. The molecule has 0 bridgehead atoms. The van der Waals surface area contributed by atoms with Crippen LogP contribution in [0.2, 0.25) is 0 Å². The van der Waals surface area contributed by atoms with Gasteiger partial charge in [-0.3, -0.25) is 0 Å². The van der Waals surface area contributed by atoms with E-state index < -0.39 is 0 Å². The van der Waals surface area contributed by atoms with Gasteiger partial charge in [0.2, 0.25) is 0 Å². The number of rotatable bonds is 3. The Kier molecular flexibility index (Phi) is 3.20. The number of thioether (sulfide) groups is 1. The van der Waals surface area contributed by atoms with Gasteiger partial charge in [0.25, 0.3) is 0 Å². The average molecular weight is 237 g/mol. The van der Waals surface area contributed by atoms with Gasteiger partial charge in [0.05, 0.1) is 12.0 Å². The SMILES string of the molecule is c1ncn(CC2CCCS2)c1[C@@H]1CCCN1. The maximum Gasteiger partial charge on any atom is 0.0949 e. The molecule has 0 aromatic carbocycles. The first-order chi connectivity index (χ1) is 7.93. The second kappa shape index (κ2) is 4.80. The lowest BCUT2D eigenvalue weighted by molar-refractivity contribution is 0.549. The van der Waals surface area contributed by atoms with Gasteiger partial charge in [-0.1, -0.05) is 0 Å². The molecule has 2 atom stereocenters. The molecule has 0 radical (unpaired) electrons. The van der Waals surface area contributed by atoms with Gasteiger partial charge in [-0.05, 0) is 38.0 Å². The van der Waals surface area contributed by atoms with E-state index in [4.69, 9.17) is 0 Å². The van der Waals surface area contributed by atoms with Crippen LogP contribution in [0, 0.1) is 0 Å². The summed E-state index contributed by atoms with van der Waals surface area (Å²) in [5.74, 6) is 1.34. The molecule has 2 fully saturated rings. The van der Waals surface area contributed by atoms with Crippen LogP contribution in [0.4, 0.5) is 0 Å². The van der Waals surface area contributed by atoms with Crippen molar-refractivity contribution in [3.05, 3.63) is 18.2 Å². The van der Waals surface area contributed by atoms with Crippen LogP contribution in [0.1, 0.15) is 37.4 Å². The van der Waals surface area contributed by atoms with Crippen LogP contribution in [0.25, 0.3) is 0 Å². The molecule has 0 saturated carbocycles. The van der Waals surface area contributed by atoms with E-state index in [0.717, 1.165) is 18.3 Å². The van der Waals surface area contributed by atoms with Gasteiger partial charge in [0.15, 0.2) is 0 Å². The van der Waals surface area contributed by atoms with Gasteiger partial charge in [-0.25, -0.2) is 4.98 Å². The van der Waals surface area contributed by atoms with Crippen molar-refractivity contribution in [2.24, 2.45) is 0 Å². The highest BCUT2D eigenvalue weighted by molar-refractivity contribution is 8.00. The molecule has 1 unspecified atom stereocenters. The van der Waals surface area contributed by atoms with E-state index in [0.29, 0.717) is 6.04 Å². The maximum absolute atomic E-state index is 4.32. The largest absolute Gasteiger partial charge is 0.332 e. The van der Waals surface area contributed by atoms with Gasteiger partial charge in [0, 0.05) is 24.0 Å². The number of aromatic nitrogens is 2. The summed E-state index contributed by atoms with van der Waals surface area (Å²) in [5, 5.41) is 4.37. The van der Waals surface area contributed by atoms with Crippen LogP contribution in [-0.4, -0.2) is 27.1 Å². The lowest BCUT2D eigenvalue weighted by Crippen LogP contribution is -2.19. The van der Waals surface area contributed by atoms with E-state index in [1.54, 1.807) is 0 Å². The van der Waals surface area contributed by atoms with Gasteiger partial charge >= 0.3 is 0 Å². The summed E-state index contributed by atoms with van der Waals surface area (Å²) in [5.41, 5.74) is 1.39. The van der Waals surface area contributed by atoms with E-state index >= 15 is 0 Å². The molecule has 2 aliphatic heterocycles. The second-order valence-corrected chi connectivity index (χ2v) is 6.16. The fraction of sp³-hybridized carbons (Fsp3) is 0.750. The number of nitrogens with one attached hydrogen (secondary N) is 1. The number of imidazole rings is 1. The molecule has 16 heavy (non-hydrogen) atoms. The molecule has 3 nitrogen and oxygen atoms in total. The van der Waals surface area contributed by atoms with Crippen molar-refractivity contribution in [2.45, 2.75) is 43.5 Å². The highest BCUT2D eigenvalue weighted by Gasteiger charge is 2.22. The van der Waals surface area contributed by atoms with E-state index in [1.165, 1.54) is 37.1 Å². The minimum absolute atomic E-state index is 0.550. The van der Waals surface area contributed by atoms with Crippen LogP contribution >= 0.6 is 11.8 Å². The molecule has 3 rings (SSSR count). The Bertz CT molecular complexity index is 338. The molecule has 1 aromatic rings. The molecule has 0 aliphatic carbocycles. The zero-order chi connectivity index (χ0) is 10.8. The minimum atomic E-state index is 0.550. The standard InChI is InChI=1S/C12H19N3S/c1-4-11(14-5-1)12-7-13-9-15(12)8-10-3-2-6-16-10/h7,9-11,14H,1-6,8H2/t10?,11-/m0/s1. The molecule has 2 saturated heterocycles. The Morgan fingerprint density at radius 1 is 1.44 bits per heavy atom. The predicted octanol–water partition coefficient (Wildman–Crippen LogP) is 2.20. The predicted molar refractivity (Wildman–Crippen MR) is 67.7 cm³/mol. The molecule has 1 aromatic heterocycles. The first kappa shape index (κ1) is 10.7.